The van der Waals surface area contributed by atoms with Crippen molar-refractivity contribution in [1.29, 1.82) is 0 Å². The molecular weight excluding hydrogens is 523 g/mol. The van der Waals surface area contributed by atoms with Crippen molar-refractivity contribution in [3.8, 4) is 0 Å². The van der Waals surface area contributed by atoms with Crippen LogP contribution in [-0.2, 0) is 0 Å². The van der Waals surface area contributed by atoms with Gasteiger partial charge in [0.15, 0.2) is 33.8 Å². The number of fused-ring (bicyclic) bond motifs is 1. The molecule has 2 saturated carbocycles. The van der Waals surface area contributed by atoms with Crippen LogP contribution in [0, 0.1) is 17.6 Å². The van der Waals surface area contributed by atoms with Gasteiger partial charge in [0.05, 0.1) is 18.6 Å². The number of aromatic nitrogens is 5. The summed E-state index contributed by atoms with van der Waals surface area (Å²) in [6.07, 6.45) is -7.11. The van der Waals surface area contributed by atoms with E-state index in [2.05, 4.69) is 25.6 Å². The third-order valence-electron chi connectivity index (χ3n) is 6.72. The molecule has 2 fully saturated rings. The number of hydrogen-bond acceptors (Lipinski definition) is 9. The lowest BCUT2D eigenvalue weighted by Gasteiger charge is -2.17. The van der Waals surface area contributed by atoms with Crippen LogP contribution >= 0.6 is 11.8 Å². The summed E-state index contributed by atoms with van der Waals surface area (Å²) in [6.45, 7) is -0.352. The van der Waals surface area contributed by atoms with E-state index in [1.165, 1.54) is 10.7 Å². The van der Waals surface area contributed by atoms with Crippen molar-refractivity contribution in [2.75, 3.05) is 17.7 Å². The van der Waals surface area contributed by atoms with Gasteiger partial charge in [-0.05, 0) is 30.5 Å². The van der Waals surface area contributed by atoms with E-state index in [-0.39, 0.29) is 52.9 Å². The average Bonchev–Trinajstić information content (AvgIpc) is 3.38. The van der Waals surface area contributed by atoms with E-state index in [0.717, 1.165) is 23.9 Å². The molecule has 0 bridgehead atoms. The van der Waals surface area contributed by atoms with Gasteiger partial charge in [-0.3, -0.25) is 0 Å². The highest BCUT2D eigenvalue weighted by Gasteiger charge is 2.44. The zero-order valence-corrected chi connectivity index (χ0v) is 19.9. The van der Waals surface area contributed by atoms with E-state index >= 15 is 0 Å². The second-order valence-corrected chi connectivity index (χ2v) is 10.3. The molecule has 200 valence electrons. The molecule has 5 rings (SSSR count). The smallest absolute Gasteiger partial charge is 0.389 e. The van der Waals surface area contributed by atoms with Crippen LogP contribution in [0.5, 0.6) is 0 Å². The van der Waals surface area contributed by atoms with Gasteiger partial charge in [-0.15, -0.1) is 5.10 Å². The normalized spacial score (nSPS) is 27.7. The molecule has 4 N–H and O–H groups in total. The molecule has 0 amide bonds. The third kappa shape index (κ3) is 5.35. The highest BCUT2D eigenvalue weighted by molar-refractivity contribution is 7.99. The molecule has 0 saturated heterocycles. The van der Waals surface area contributed by atoms with Crippen LogP contribution in [-0.4, -0.2) is 77.1 Å². The Balaban J connectivity index is 1.44. The summed E-state index contributed by atoms with van der Waals surface area (Å²) in [7, 11) is 0. The fourth-order valence-corrected chi connectivity index (χ4v) is 5.44. The average molecular weight is 547 g/mol. The lowest BCUT2D eigenvalue weighted by atomic mass is 10.1. The minimum Gasteiger partial charge on any atom is -0.396 e. The van der Waals surface area contributed by atoms with E-state index < -0.39 is 48.4 Å². The molecular formula is C22H23F5N6O3S. The molecule has 9 nitrogen and oxygen atoms in total. The van der Waals surface area contributed by atoms with E-state index in [0.29, 0.717) is 12.0 Å². The Kier molecular flexibility index (Phi) is 6.98. The zero-order chi connectivity index (χ0) is 26.5. The standard InChI is InChI=1S/C22H23F5N6O3S/c23-12-2-1-9(5-13(12)24)11-7-14(11)28-19-16-20(30-21(29-19)37-4-3-22(25,26)27)33(32-31-16)15-6-10(8-34)17(35)18(15)36/h1-2,5,10-11,14-15,17-18,34-36H,3-4,6-8H2,(H,28,29,30)/t10-,11+,14-,15-,17-,18+/m1/s1. The Bertz CT molecular complexity index is 1290. The van der Waals surface area contributed by atoms with Crippen LogP contribution in [0.2, 0.25) is 0 Å². The number of halogens is 5. The first-order chi connectivity index (χ1) is 17.6. The van der Waals surface area contributed by atoms with Gasteiger partial charge in [0.1, 0.15) is 6.10 Å². The number of anilines is 1. The van der Waals surface area contributed by atoms with E-state index in [9.17, 15) is 37.3 Å². The molecule has 0 aliphatic heterocycles. The van der Waals surface area contributed by atoms with Crippen LogP contribution < -0.4 is 5.32 Å². The molecule has 6 atom stereocenters. The number of benzene rings is 1. The lowest BCUT2D eigenvalue weighted by Crippen LogP contribution is -2.30. The summed E-state index contributed by atoms with van der Waals surface area (Å²) < 4.78 is 66.3. The number of hydrogen-bond donors (Lipinski definition) is 4. The monoisotopic (exact) mass is 546 g/mol. The zero-order valence-electron chi connectivity index (χ0n) is 19.1. The predicted octanol–water partition coefficient (Wildman–Crippen LogP) is 2.79. The lowest BCUT2D eigenvalue weighted by molar-refractivity contribution is -0.129. The molecule has 0 spiro atoms. The van der Waals surface area contributed by atoms with E-state index in [1.54, 1.807) is 0 Å². The van der Waals surface area contributed by atoms with Crippen molar-refractivity contribution in [3.63, 3.8) is 0 Å². The maximum atomic E-state index is 13.7. The summed E-state index contributed by atoms with van der Waals surface area (Å²) in [4.78, 5) is 8.67. The Morgan fingerprint density at radius 3 is 2.54 bits per heavy atom. The number of thioether (sulfide) groups is 1. The van der Waals surface area contributed by atoms with Crippen molar-refractivity contribution in [2.24, 2.45) is 5.92 Å². The Labute approximate surface area is 211 Å². The topological polar surface area (TPSA) is 129 Å². The summed E-state index contributed by atoms with van der Waals surface area (Å²) in [5.41, 5.74) is 0.931. The number of alkyl halides is 3. The second kappa shape index (κ2) is 9.93. The van der Waals surface area contributed by atoms with Gasteiger partial charge in [0.25, 0.3) is 0 Å². The van der Waals surface area contributed by atoms with Crippen molar-refractivity contribution in [3.05, 3.63) is 35.4 Å². The van der Waals surface area contributed by atoms with Crippen LogP contribution in [0.4, 0.5) is 27.8 Å². The van der Waals surface area contributed by atoms with Crippen molar-refractivity contribution in [1.82, 2.24) is 25.0 Å². The minimum atomic E-state index is -4.35. The molecule has 1 aromatic carbocycles. The van der Waals surface area contributed by atoms with E-state index in [1.807, 2.05) is 0 Å². The van der Waals surface area contributed by atoms with Gasteiger partial charge in [0, 0.05) is 30.2 Å². The molecule has 3 aromatic rings. The van der Waals surface area contributed by atoms with Gasteiger partial charge in [-0.1, -0.05) is 23.0 Å². The second-order valence-electron chi connectivity index (χ2n) is 9.27. The molecule has 2 aliphatic carbocycles. The van der Waals surface area contributed by atoms with Crippen molar-refractivity contribution < 1.29 is 37.3 Å². The van der Waals surface area contributed by atoms with Crippen molar-refractivity contribution >= 4 is 28.7 Å². The fourth-order valence-electron chi connectivity index (χ4n) is 4.62. The molecule has 2 aliphatic rings. The molecule has 15 heteroatoms. The number of nitrogens with zero attached hydrogens (tertiary/aromatic N) is 5. The first-order valence-corrected chi connectivity index (χ1v) is 12.5. The summed E-state index contributed by atoms with van der Waals surface area (Å²) in [6, 6.07) is 2.66. The van der Waals surface area contributed by atoms with Gasteiger partial charge in [-0.25, -0.2) is 23.4 Å². The first kappa shape index (κ1) is 26.0. The van der Waals surface area contributed by atoms with Crippen molar-refractivity contribution in [2.45, 2.75) is 60.8 Å². The highest BCUT2D eigenvalue weighted by Crippen LogP contribution is 2.44. The van der Waals surface area contributed by atoms with Gasteiger partial charge >= 0.3 is 6.18 Å². The Morgan fingerprint density at radius 2 is 1.86 bits per heavy atom. The van der Waals surface area contributed by atoms with Gasteiger partial charge in [0.2, 0.25) is 0 Å². The number of nitrogens with one attached hydrogen (secondary N) is 1. The highest BCUT2D eigenvalue weighted by atomic mass is 32.2. The summed E-state index contributed by atoms with van der Waals surface area (Å²) in [5, 5.41) is 41.6. The number of aliphatic hydroxyl groups excluding tert-OH is 3. The SMILES string of the molecule is OC[C@H]1C[C@@H](n2nnc3c(N[C@@H]4C[C@H]4c4ccc(F)c(F)c4)nc(SCCC(F)(F)F)nc32)[C@H](O)[C@@H]1O. The predicted molar refractivity (Wildman–Crippen MR) is 122 cm³/mol. The third-order valence-corrected chi connectivity index (χ3v) is 7.57. The van der Waals surface area contributed by atoms with Crippen LogP contribution in [0.1, 0.15) is 36.8 Å². The summed E-state index contributed by atoms with van der Waals surface area (Å²) >= 11 is 0.791. The van der Waals surface area contributed by atoms with Crippen LogP contribution in [0.25, 0.3) is 11.2 Å². The molecule has 0 unspecified atom stereocenters. The Hall–Kier alpha value is -2.62. The van der Waals surface area contributed by atoms with Crippen LogP contribution in [0.15, 0.2) is 23.4 Å². The molecule has 0 radical (unpaired) electrons. The number of aliphatic hydroxyl groups is 3. The first-order valence-electron chi connectivity index (χ1n) is 11.6. The molecule has 2 aromatic heterocycles. The largest absolute Gasteiger partial charge is 0.396 e. The maximum Gasteiger partial charge on any atom is 0.389 e. The quantitative estimate of drug-likeness (QED) is 0.192. The van der Waals surface area contributed by atoms with E-state index in [4.69, 9.17) is 0 Å². The van der Waals surface area contributed by atoms with Gasteiger partial charge in [-0.2, -0.15) is 13.2 Å². The molecule has 37 heavy (non-hydrogen) atoms. The maximum absolute atomic E-state index is 13.7. The van der Waals surface area contributed by atoms with Crippen LogP contribution in [0.3, 0.4) is 0 Å². The number of rotatable bonds is 8. The van der Waals surface area contributed by atoms with Gasteiger partial charge < -0.3 is 20.6 Å². The molecule has 2 heterocycles. The minimum absolute atomic E-state index is 0.0274. The fraction of sp³-hybridized carbons (Fsp3) is 0.545. The summed E-state index contributed by atoms with van der Waals surface area (Å²) in [5.74, 6) is -2.78. The Morgan fingerprint density at radius 1 is 1.08 bits per heavy atom.